The van der Waals surface area contributed by atoms with Crippen LogP contribution in [0.1, 0.15) is 71.6 Å². The molecule has 0 aliphatic heterocycles. The molecule has 0 heterocycles. The Morgan fingerprint density at radius 2 is 1.52 bits per heavy atom. The van der Waals surface area contributed by atoms with E-state index in [0.717, 1.165) is 31.8 Å². The van der Waals surface area contributed by atoms with Gasteiger partial charge in [-0.15, -0.1) is 0 Å². The van der Waals surface area contributed by atoms with E-state index in [-0.39, 0.29) is 0 Å². The Morgan fingerprint density at radius 1 is 0.870 bits per heavy atom. The lowest BCUT2D eigenvalue weighted by atomic mass is 9.92. The third-order valence-corrected chi connectivity index (χ3v) is 4.33. The zero-order valence-electron chi connectivity index (χ0n) is 15.9. The molecular formula is C19H38O4. The van der Waals surface area contributed by atoms with Crippen LogP contribution in [0.15, 0.2) is 12.3 Å². The van der Waals surface area contributed by atoms with Crippen LogP contribution in [0.25, 0.3) is 0 Å². The molecule has 0 rings (SSSR count). The fourth-order valence-corrected chi connectivity index (χ4v) is 2.97. The smallest absolute Gasteiger partial charge is 0.282 e. The van der Waals surface area contributed by atoms with Crippen molar-refractivity contribution in [1.82, 2.24) is 0 Å². The Kier molecular flexibility index (Phi) is 14.6. The Balaban J connectivity index is 3.86. The zero-order valence-corrected chi connectivity index (χ0v) is 15.9. The summed E-state index contributed by atoms with van der Waals surface area (Å²) >= 11 is 0. The quantitative estimate of drug-likeness (QED) is 0.219. The molecule has 0 amide bonds. The van der Waals surface area contributed by atoms with Crippen molar-refractivity contribution < 1.29 is 18.9 Å². The van der Waals surface area contributed by atoms with E-state index in [9.17, 15) is 0 Å². The van der Waals surface area contributed by atoms with Crippen LogP contribution >= 0.6 is 0 Å². The van der Waals surface area contributed by atoms with Crippen molar-refractivity contribution in [2.75, 3.05) is 27.9 Å². The first-order chi connectivity index (χ1) is 11.2. The first-order valence-electron chi connectivity index (χ1n) is 9.06. The van der Waals surface area contributed by atoms with Gasteiger partial charge in [-0.25, -0.2) is 0 Å². The van der Waals surface area contributed by atoms with Gasteiger partial charge >= 0.3 is 0 Å². The van der Waals surface area contributed by atoms with Crippen molar-refractivity contribution in [2.45, 2.75) is 77.6 Å². The maximum Gasteiger partial charge on any atom is 0.282 e. The second-order valence-electron chi connectivity index (χ2n) is 6.03. The molecule has 0 aromatic carbocycles. The monoisotopic (exact) mass is 330 g/mol. The molecule has 0 aliphatic rings. The van der Waals surface area contributed by atoms with Gasteiger partial charge in [0.25, 0.3) is 5.97 Å². The maximum absolute atomic E-state index is 5.41. The summed E-state index contributed by atoms with van der Waals surface area (Å²) in [6, 6.07) is 0. The molecule has 0 saturated carbocycles. The molecule has 1 unspecified atom stereocenters. The van der Waals surface area contributed by atoms with Crippen molar-refractivity contribution in [1.29, 1.82) is 0 Å². The topological polar surface area (TPSA) is 36.9 Å². The van der Waals surface area contributed by atoms with Gasteiger partial charge in [0.05, 0.1) is 12.9 Å². The summed E-state index contributed by atoms with van der Waals surface area (Å²) in [5.74, 6) is -0.0429. The largest absolute Gasteiger partial charge is 0.502 e. The average molecular weight is 331 g/mol. The first-order valence-corrected chi connectivity index (χ1v) is 9.06. The summed E-state index contributed by atoms with van der Waals surface area (Å²) < 4.78 is 21.4. The molecule has 138 valence electrons. The van der Waals surface area contributed by atoms with Gasteiger partial charge in [-0.1, -0.05) is 45.1 Å². The lowest BCUT2D eigenvalue weighted by molar-refractivity contribution is -0.355. The third kappa shape index (κ3) is 10.7. The highest BCUT2D eigenvalue weighted by atomic mass is 16.9. The van der Waals surface area contributed by atoms with Crippen LogP contribution in [-0.2, 0) is 18.9 Å². The predicted molar refractivity (Wildman–Crippen MR) is 95.2 cm³/mol. The molecule has 0 aromatic heterocycles. The lowest BCUT2D eigenvalue weighted by Crippen LogP contribution is -2.35. The summed E-state index contributed by atoms with van der Waals surface area (Å²) in [7, 11) is 4.88. The number of hydrogen-bond acceptors (Lipinski definition) is 4. The van der Waals surface area contributed by atoms with Crippen LogP contribution in [0, 0.1) is 5.92 Å². The van der Waals surface area contributed by atoms with Crippen LogP contribution in [0.4, 0.5) is 0 Å². The number of rotatable bonds is 16. The van der Waals surface area contributed by atoms with E-state index in [1.54, 1.807) is 27.6 Å². The summed E-state index contributed by atoms with van der Waals surface area (Å²) in [6.07, 6.45) is 14.3. The summed E-state index contributed by atoms with van der Waals surface area (Å²) in [5.41, 5.74) is 0. The minimum Gasteiger partial charge on any atom is -0.502 e. The lowest BCUT2D eigenvalue weighted by Gasteiger charge is -2.28. The Morgan fingerprint density at radius 3 is 2.09 bits per heavy atom. The molecule has 0 spiro atoms. The predicted octanol–water partition coefficient (Wildman–Crippen LogP) is 5.28. The van der Waals surface area contributed by atoms with E-state index < -0.39 is 5.97 Å². The van der Waals surface area contributed by atoms with Crippen molar-refractivity contribution >= 4 is 0 Å². The molecule has 23 heavy (non-hydrogen) atoms. The van der Waals surface area contributed by atoms with Crippen LogP contribution in [-0.4, -0.2) is 33.9 Å². The molecule has 0 radical (unpaired) electrons. The van der Waals surface area contributed by atoms with Crippen molar-refractivity contribution in [3.63, 3.8) is 0 Å². The second-order valence-corrected chi connectivity index (χ2v) is 6.03. The van der Waals surface area contributed by atoms with Gasteiger partial charge in [0.1, 0.15) is 0 Å². The zero-order chi connectivity index (χ0) is 17.4. The molecule has 0 aliphatic carbocycles. The third-order valence-electron chi connectivity index (χ3n) is 4.33. The number of allylic oxidation sites excluding steroid dienone is 1. The van der Waals surface area contributed by atoms with Gasteiger partial charge in [0.15, 0.2) is 0 Å². The van der Waals surface area contributed by atoms with Gasteiger partial charge in [-0.05, 0) is 32.1 Å². The Bertz CT molecular complexity index is 266. The average Bonchev–Trinajstić information content (AvgIpc) is 2.58. The van der Waals surface area contributed by atoms with Crippen LogP contribution in [0.2, 0.25) is 0 Å². The van der Waals surface area contributed by atoms with Gasteiger partial charge in [-0.3, -0.25) is 0 Å². The van der Waals surface area contributed by atoms with Crippen molar-refractivity contribution in [3.05, 3.63) is 12.3 Å². The molecule has 0 N–H and O–H groups in total. The SMILES string of the molecule is CC=COCCCC(CCC)CCCCCC(OC)(OC)OC. The van der Waals surface area contributed by atoms with E-state index in [2.05, 4.69) is 6.92 Å². The fourth-order valence-electron chi connectivity index (χ4n) is 2.97. The minimum atomic E-state index is -0.868. The molecule has 0 bridgehead atoms. The number of unbranched alkanes of at least 4 members (excludes halogenated alkanes) is 2. The molecule has 4 heteroatoms. The Hall–Kier alpha value is -0.580. The van der Waals surface area contributed by atoms with E-state index in [4.69, 9.17) is 18.9 Å². The van der Waals surface area contributed by atoms with Gasteiger partial charge in [-0.2, -0.15) is 0 Å². The molecule has 0 saturated heterocycles. The highest BCUT2D eigenvalue weighted by Gasteiger charge is 2.28. The fraction of sp³-hybridized carbons (Fsp3) is 0.895. The van der Waals surface area contributed by atoms with Crippen LogP contribution in [0.5, 0.6) is 0 Å². The van der Waals surface area contributed by atoms with E-state index in [1.165, 1.54) is 38.5 Å². The second kappa shape index (κ2) is 15.0. The first kappa shape index (κ1) is 22.4. The number of methoxy groups -OCH3 is 3. The van der Waals surface area contributed by atoms with Crippen LogP contribution in [0.3, 0.4) is 0 Å². The maximum atomic E-state index is 5.41. The summed E-state index contributed by atoms with van der Waals surface area (Å²) in [5, 5.41) is 0. The standard InChI is InChI=1S/C19H38O4/c1-6-12-18(14-11-17-23-16-7-2)13-9-8-10-15-19(20-3,21-4)22-5/h7,16,18H,6,8-15,17H2,1-5H3. The molecule has 1 atom stereocenters. The van der Waals surface area contributed by atoms with E-state index >= 15 is 0 Å². The van der Waals surface area contributed by atoms with E-state index in [0.29, 0.717) is 0 Å². The summed E-state index contributed by atoms with van der Waals surface area (Å²) in [4.78, 5) is 0. The summed E-state index contributed by atoms with van der Waals surface area (Å²) in [6.45, 7) is 5.08. The van der Waals surface area contributed by atoms with Gasteiger partial charge in [0.2, 0.25) is 0 Å². The van der Waals surface area contributed by atoms with Crippen LogP contribution < -0.4 is 0 Å². The van der Waals surface area contributed by atoms with Gasteiger partial charge < -0.3 is 18.9 Å². The normalized spacial score (nSPS) is 13.6. The molecular weight excluding hydrogens is 292 g/mol. The highest BCUT2D eigenvalue weighted by Crippen LogP contribution is 2.24. The number of hydrogen-bond donors (Lipinski definition) is 0. The number of ether oxygens (including phenoxy) is 4. The molecule has 0 aromatic rings. The molecule has 0 fully saturated rings. The minimum absolute atomic E-state index is 0.770. The van der Waals surface area contributed by atoms with Crippen molar-refractivity contribution in [2.24, 2.45) is 5.92 Å². The Labute approximate surface area is 143 Å². The highest BCUT2D eigenvalue weighted by molar-refractivity contribution is 4.66. The van der Waals surface area contributed by atoms with Gasteiger partial charge in [0, 0.05) is 27.8 Å². The molecule has 4 nitrogen and oxygen atoms in total. The van der Waals surface area contributed by atoms with E-state index in [1.807, 2.05) is 13.0 Å². The van der Waals surface area contributed by atoms with Crippen molar-refractivity contribution in [3.8, 4) is 0 Å².